The average molecular weight is 477 g/mol. The summed E-state index contributed by atoms with van der Waals surface area (Å²) in [6.45, 7) is 0. The van der Waals surface area contributed by atoms with Crippen LogP contribution in [-0.4, -0.2) is 17.8 Å². The third-order valence-corrected chi connectivity index (χ3v) is 10.6. The number of amides is 2. The van der Waals surface area contributed by atoms with Crippen molar-refractivity contribution in [3.05, 3.63) is 29.8 Å². The lowest BCUT2D eigenvalue weighted by Gasteiger charge is -2.55. The lowest BCUT2D eigenvalue weighted by molar-refractivity contribution is -0.161. The molecular formula is C29H36N2O4. The highest BCUT2D eigenvalue weighted by atomic mass is 16.5. The minimum absolute atomic E-state index is 0.0222. The number of nitrogens with one attached hydrogen (secondary N) is 2. The SMILES string of the molecule is O=C(NNC(=O)C12CC3CC(CC(C3)C1)C2)c1ccc(OC(=O)C23CC4CC(CC(C4)C2)C3)cc1. The largest absolute Gasteiger partial charge is 0.426 e. The van der Waals surface area contributed by atoms with Crippen molar-refractivity contribution < 1.29 is 19.1 Å². The molecule has 0 spiro atoms. The van der Waals surface area contributed by atoms with E-state index in [1.54, 1.807) is 24.3 Å². The number of ether oxygens (including phenoxy) is 1. The van der Waals surface area contributed by atoms with Crippen molar-refractivity contribution in [3.8, 4) is 5.75 Å². The summed E-state index contributed by atoms with van der Waals surface area (Å²) in [5, 5.41) is 0. The van der Waals surface area contributed by atoms with Crippen LogP contribution >= 0.6 is 0 Å². The number of esters is 1. The number of benzene rings is 1. The Kier molecular flexibility index (Phi) is 4.88. The van der Waals surface area contributed by atoms with Crippen LogP contribution in [0.2, 0.25) is 0 Å². The third kappa shape index (κ3) is 3.70. The molecule has 0 saturated heterocycles. The van der Waals surface area contributed by atoms with Crippen LogP contribution in [0.15, 0.2) is 24.3 Å². The van der Waals surface area contributed by atoms with E-state index in [0.29, 0.717) is 46.8 Å². The first-order valence-corrected chi connectivity index (χ1v) is 13.8. The zero-order valence-electron chi connectivity index (χ0n) is 20.4. The quantitative estimate of drug-likeness (QED) is 0.372. The maximum Gasteiger partial charge on any atom is 0.317 e. The smallest absolute Gasteiger partial charge is 0.317 e. The second kappa shape index (κ2) is 7.81. The van der Waals surface area contributed by atoms with Crippen LogP contribution in [-0.2, 0) is 9.59 Å². The molecule has 8 saturated carbocycles. The van der Waals surface area contributed by atoms with Crippen molar-refractivity contribution in [2.75, 3.05) is 0 Å². The molecule has 0 radical (unpaired) electrons. The molecule has 0 aliphatic heterocycles. The van der Waals surface area contributed by atoms with Gasteiger partial charge in [-0.25, -0.2) is 0 Å². The first kappa shape index (κ1) is 21.9. The molecule has 9 rings (SSSR count). The summed E-state index contributed by atoms with van der Waals surface area (Å²) in [5.41, 5.74) is 5.20. The van der Waals surface area contributed by atoms with E-state index >= 15 is 0 Å². The van der Waals surface area contributed by atoms with Crippen molar-refractivity contribution in [1.82, 2.24) is 10.9 Å². The molecule has 0 unspecified atom stereocenters. The molecule has 8 bridgehead atoms. The zero-order chi connectivity index (χ0) is 23.8. The predicted molar refractivity (Wildman–Crippen MR) is 129 cm³/mol. The molecular weight excluding hydrogens is 440 g/mol. The van der Waals surface area contributed by atoms with Crippen LogP contribution < -0.4 is 15.6 Å². The molecule has 1 aromatic carbocycles. The maximum atomic E-state index is 13.2. The summed E-state index contributed by atoms with van der Waals surface area (Å²) < 4.78 is 5.83. The first-order chi connectivity index (χ1) is 16.9. The van der Waals surface area contributed by atoms with Crippen molar-refractivity contribution in [2.24, 2.45) is 46.3 Å². The molecule has 1 aromatic rings. The van der Waals surface area contributed by atoms with Crippen LogP contribution in [0.4, 0.5) is 0 Å². The highest BCUT2D eigenvalue weighted by molar-refractivity contribution is 5.96. The van der Waals surface area contributed by atoms with Gasteiger partial charge in [0, 0.05) is 5.56 Å². The van der Waals surface area contributed by atoms with E-state index in [0.717, 1.165) is 38.5 Å². The zero-order valence-corrected chi connectivity index (χ0v) is 20.4. The molecule has 0 atom stereocenters. The summed E-state index contributed by atoms with van der Waals surface area (Å²) in [5.74, 6) is 4.13. The summed E-state index contributed by atoms with van der Waals surface area (Å²) >= 11 is 0. The Hall–Kier alpha value is -2.37. The molecule has 8 aliphatic carbocycles. The van der Waals surface area contributed by atoms with Crippen LogP contribution in [0.3, 0.4) is 0 Å². The van der Waals surface area contributed by atoms with E-state index < -0.39 is 0 Å². The molecule has 6 nitrogen and oxygen atoms in total. The second-order valence-corrected chi connectivity index (χ2v) is 13.2. The number of rotatable bonds is 4. The number of hydrogen-bond acceptors (Lipinski definition) is 4. The van der Waals surface area contributed by atoms with Crippen molar-refractivity contribution >= 4 is 17.8 Å². The lowest BCUT2D eigenvalue weighted by Crippen LogP contribution is -2.56. The Labute approximate surface area is 206 Å². The van der Waals surface area contributed by atoms with E-state index in [1.165, 1.54) is 38.5 Å². The molecule has 2 N–H and O–H groups in total. The lowest BCUT2D eigenvalue weighted by atomic mass is 9.49. The first-order valence-electron chi connectivity index (χ1n) is 13.8. The number of hydrazine groups is 1. The van der Waals surface area contributed by atoms with Crippen molar-refractivity contribution in [1.29, 1.82) is 0 Å². The van der Waals surface area contributed by atoms with Gasteiger partial charge in [0.25, 0.3) is 5.91 Å². The number of hydrogen-bond donors (Lipinski definition) is 2. The fourth-order valence-corrected chi connectivity index (χ4v) is 9.96. The van der Waals surface area contributed by atoms with Crippen LogP contribution in [0.25, 0.3) is 0 Å². The Bertz CT molecular complexity index is 990. The Balaban J connectivity index is 0.957. The van der Waals surface area contributed by atoms with Gasteiger partial charge < -0.3 is 4.74 Å². The van der Waals surface area contributed by atoms with E-state index in [4.69, 9.17) is 4.74 Å². The Morgan fingerprint density at radius 3 is 1.51 bits per heavy atom. The summed E-state index contributed by atoms with van der Waals surface area (Å²) in [6, 6.07) is 6.70. The van der Waals surface area contributed by atoms with Crippen molar-refractivity contribution in [2.45, 2.75) is 77.0 Å². The second-order valence-electron chi connectivity index (χ2n) is 13.2. The van der Waals surface area contributed by atoms with Gasteiger partial charge in [0.1, 0.15) is 5.75 Å². The monoisotopic (exact) mass is 476 g/mol. The van der Waals surface area contributed by atoms with Gasteiger partial charge in [-0.3, -0.25) is 25.2 Å². The van der Waals surface area contributed by atoms with Gasteiger partial charge in [-0.15, -0.1) is 0 Å². The number of carbonyl (C=O) groups is 3. The molecule has 2 amide bonds. The molecule has 8 aliphatic rings. The standard InChI is InChI=1S/C29H36N2O4/c32-25(30-31-26(33)28-11-17-5-18(12-28)7-19(6-17)13-28)23-1-3-24(4-2-23)35-27(34)29-14-20-8-21(15-29)10-22(9-20)16-29/h1-4,17-22H,5-16H2,(H,30,32)(H,31,33). The van der Waals surface area contributed by atoms with Crippen LogP contribution in [0.5, 0.6) is 5.75 Å². The van der Waals surface area contributed by atoms with Gasteiger partial charge in [0.2, 0.25) is 5.91 Å². The van der Waals surface area contributed by atoms with Crippen LogP contribution in [0, 0.1) is 46.3 Å². The summed E-state index contributed by atoms with van der Waals surface area (Å²) in [4.78, 5) is 39.0. The fraction of sp³-hybridized carbons (Fsp3) is 0.690. The van der Waals surface area contributed by atoms with E-state index in [2.05, 4.69) is 10.9 Å². The summed E-state index contributed by atoms with van der Waals surface area (Å²) in [6.07, 6.45) is 13.5. The van der Waals surface area contributed by atoms with Gasteiger partial charge in [-0.05, 0) is 137 Å². The van der Waals surface area contributed by atoms with Gasteiger partial charge in [0.05, 0.1) is 10.8 Å². The molecule has 186 valence electrons. The minimum Gasteiger partial charge on any atom is -0.426 e. The van der Waals surface area contributed by atoms with Gasteiger partial charge >= 0.3 is 5.97 Å². The maximum absolute atomic E-state index is 13.2. The normalized spacial score (nSPS) is 42.1. The minimum atomic E-state index is -0.345. The van der Waals surface area contributed by atoms with Gasteiger partial charge in [-0.2, -0.15) is 0 Å². The van der Waals surface area contributed by atoms with E-state index in [1.807, 2.05) is 0 Å². The summed E-state index contributed by atoms with van der Waals surface area (Å²) in [7, 11) is 0. The number of carbonyl (C=O) groups excluding carboxylic acids is 3. The Morgan fingerprint density at radius 2 is 1.06 bits per heavy atom. The highest BCUT2D eigenvalue weighted by Gasteiger charge is 2.56. The molecule has 6 heteroatoms. The predicted octanol–water partition coefficient (Wildman–Crippen LogP) is 4.79. The van der Waals surface area contributed by atoms with Crippen LogP contribution in [0.1, 0.15) is 87.4 Å². The Morgan fingerprint density at radius 1 is 0.629 bits per heavy atom. The van der Waals surface area contributed by atoms with Gasteiger partial charge in [0.15, 0.2) is 0 Å². The molecule has 0 heterocycles. The van der Waals surface area contributed by atoms with E-state index in [-0.39, 0.29) is 28.6 Å². The molecule has 8 fully saturated rings. The topological polar surface area (TPSA) is 84.5 Å². The van der Waals surface area contributed by atoms with Crippen molar-refractivity contribution in [3.63, 3.8) is 0 Å². The highest BCUT2D eigenvalue weighted by Crippen LogP contribution is 2.61. The molecule has 0 aromatic heterocycles. The van der Waals surface area contributed by atoms with E-state index in [9.17, 15) is 14.4 Å². The van der Waals surface area contributed by atoms with Gasteiger partial charge in [-0.1, -0.05) is 0 Å². The average Bonchev–Trinajstić information content (AvgIpc) is 2.81. The third-order valence-electron chi connectivity index (χ3n) is 10.6. The molecule has 35 heavy (non-hydrogen) atoms. The fourth-order valence-electron chi connectivity index (χ4n) is 9.96.